The van der Waals surface area contributed by atoms with Crippen molar-refractivity contribution >= 4 is 22.1 Å². The number of halogens is 1. The summed E-state index contributed by atoms with van der Waals surface area (Å²) < 4.78 is 49.2. The SMILES string of the molecule is COc1ccc(C2=[N+](C)c3ccccc3C(c3ccccc3)O2)cc1.O=S(=O)([O-])F. The van der Waals surface area contributed by atoms with Gasteiger partial charge in [0.25, 0.3) is 10.5 Å². The first-order valence-corrected chi connectivity index (χ1v) is 10.3. The predicted molar refractivity (Wildman–Crippen MR) is 110 cm³/mol. The average Bonchev–Trinajstić information content (AvgIpc) is 2.74. The molecule has 0 N–H and O–H groups in total. The molecule has 6 nitrogen and oxygen atoms in total. The summed E-state index contributed by atoms with van der Waals surface area (Å²) >= 11 is 0. The highest BCUT2D eigenvalue weighted by Crippen LogP contribution is 2.37. The van der Waals surface area contributed by atoms with Crippen LogP contribution in [0.3, 0.4) is 0 Å². The first kappa shape index (κ1) is 21.5. The van der Waals surface area contributed by atoms with Crippen molar-refractivity contribution in [3.05, 3.63) is 95.6 Å². The van der Waals surface area contributed by atoms with Crippen LogP contribution in [0.1, 0.15) is 22.8 Å². The van der Waals surface area contributed by atoms with Gasteiger partial charge >= 0.3 is 5.90 Å². The molecule has 8 heteroatoms. The highest BCUT2D eigenvalue weighted by Gasteiger charge is 2.34. The molecule has 1 atom stereocenters. The number of rotatable bonds is 3. The van der Waals surface area contributed by atoms with Crippen molar-refractivity contribution in [1.29, 1.82) is 0 Å². The lowest BCUT2D eigenvalue weighted by Crippen LogP contribution is -2.27. The zero-order valence-corrected chi connectivity index (χ0v) is 17.2. The van der Waals surface area contributed by atoms with Gasteiger partial charge in [-0.25, -0.2) is 8.42 Å². The highest BCUT2D eigenvalue weighted by atomic mass is 32.3. The Balaban J connectivity index is 0.000000461. The Labute approximate surface area is 174 Å². The molecule has 0 radical (unpaired) electrons. The van der Waals surface area contributed by atoms with E-state index in [2.05, 4.69) is 41.0 Å². The Kier molecular flexibility index (Phi) is 6.49. The largest absolute Gasteiger partial charge is 0.722 e. The van der Waals surface area contributed by atoms with E-state index >= 15 is 0 Å². The lowest BCUT2D eigenvalue weighted by Gasteiger charge is -2.25. The molecule has 1 unspecified atom stereocenters. The first-order valence-electron chi connectivity index (χ1n) is 8.99. The maximum atomic E-state index is 10.1. The fourth-order valence-corrected chi connectivity index (χ4v) is 3.25. The van der Waals surface area contributed by atoms with Gasteiger partial charge in [0, 0.05) is 6.07 Å². The number of methoxy groups -OCH3 is 1. The van der Waals surface area contributed by atoms with Crippen molar-refractivity contribution in [2.24, 2.45) is 0 Å². The topological polar surface area (TPSA) is 78.7 Å². The lowest BCUT2D eigenvalue weighted by molar-refractivity contribution is -0.422. The zero-order chi connectivity index (χ0) is 21.7. The molecule has 3 aromatic carbocycles. The van der Waals surface area contributed by atoms with E-state index in [1.165, 1.54) is 5.56 Å². The number of hydrogen-bond donors (Lipinski definition) is 0. The van der Waals surface area contributed by atoms with Crippen LogP contribution in [0.15, 0.2) is 78.9 Å². The third kappa shape index (κ3) is 5.22. The summed E-state index contributed by atoms with van der Waals surface area (Å²) in [6, 6.07) is 26.7. The van der Waals surface area contributed by atoms with Crippen LogP contribution < -0.4 is 4.74 Å². The maximum absolute atomic E-state index is 10.1. The van der Waals surface area contributed by atoms with Crippen LogP contribution in [0.4, 0.5) is 9.57 Å². The van der Waals surface area contributed by atoms with Crippen LogP contribution in [0.25, 0.3) is 0 Å². The molecule has 0 amide bonds. The smallest absolute Gasteiger partial charge is 0.376 e. The Hall–Kier alpha value is -3.23. The van der Waals surface area contributed by atoms with Crippen molar-refractivity contribution in [3.8, 4) is 5.75 Å². The van der Waals surface area contributed by atoms with Crippen molar-refractivity contribution in [2.45, 2.75) is 6.10 Å². The lowest BCUT2D eigenvalue weighted by atomic mass is 9.98. The van der Waals surface area contributed by atoms with Gasteiger partial charge in [0.15, 0.2) is 6.10 Å². The van der Waals surface area contributed by atoms with Gasteiger partial charge in [0.2, 0.25) is 5.69 Å². The summed E-state index contributed by atoms with van der Waals surface area (Å²) in [5.41, 5.74) is 4.51. The van der Waals surface area contributed by atoms with E-state index < -0.39 is 10.5 Å². The van der Waals surface area contributed by atoms with Crippen LogP contribution in [0.2, 0.25) is 0 Å². The van der Waals surface area contributed by atoms with E-state index in [1.54, 1.807) is 7.11 Å². The van der Waals surface area contributed by atoms with E-state index in [0.717, 1.165) is 28.5 Å². The molecular formula is C22H20FNO5S. The summed E-state index contributed by atoms with van der Waals surface area (Å²) in [5, 5.41) is 0. The molecule has 1 aliphatic heterocycles. The quantitative estimate of drug-likeness (QED) is 0.358. The number of hydrogen-bond acceptors (Lipinski definition) is 5. The molecule has 0 bridgehead atoms. The Morgan fingerprint density at radius 1 is 0.967 bits per heavy atom. The minimum absolute atomic E-state index is 0.120. The molecule has 0 fully saturated rings. The molecule has 30 heavy (non-hydrogen) atoms. The Morgan fingerprint density at radius 2 is 1.53 bits per heavy atom. The third-order valence-corrected chi connectivity index (χ3v) is 4.55. The maximum Gasteiger partial charge on any atom is 0.376 e. The molecule has 0 spiro atoms. The first-order chi connectivity index (χ1) is 14.3. The summed E-state index contributed by atoms with van der Waals surface area (Å²) in [5.74, 6) is 1.68. The van der Waals surface area contributed by atoms with Gasteiger partial charge in [-0.3, -0.25) is 0 Å². The normalized spacial score (nSPS) is 15.4. The van der Waals surface area contributed by atoms with Crippen molar-refractivity contribution in [1.82, 2.24) is 0 Å². The summed E-state index contributed by atoms with van der Waals surface area (Å²) in [7, 11) is -1.70. The second-order valence-electron chi connectivity index (χ2n) is 6.45. The monoisotopic (exact) mass is 429 g/mol. The molecule has 4 rings (SSSR count). The standard InChI is InChI=1S/C22H20NO2.FHO3S/c1-23-20-11-7-6-10-19(20)21(16-8-4-3-5-9-16)25-22(23)17-12-14-18(24-2)15-13-17;1-5(2,3)4/h3-15,21H,1-2H3;(H,2,3,4)/q+1;/p-1. The van der Waals surface area contributed by atoms with Gasteiger partial charge in [-0.1, -0.05) is 42.5 Å². The van der Waals surface area contributed by atoms with E-state index in [4.69, 9.17) is 22.4 Å². The molecule has 3 aromatic rings. The van der Waals surface area contributed by atoms with Gasteiger partial charge in [-0.2, -0.15) is 4.58 Å². The van der Waals surface area contributed by atoms with Crippen LogP contribution in [0.5, 0.6) is 5.75 Å². The molecule has 0 aromatic heterocycles. The van der Waals surface area contributed by atoms with Crippen LogP contribution in [-0.2, 0) is 15.2 Å². The van der Waals surface area contributed by atoms with Gasteiger partial charge in [0.05, 0.1) is 18.2 Å². The highest BCUT2D eigenvalue weighted by molar-refractivity contribution is 7.80. The van der Waals surface area contributed by atoms with Crippen molar-refractivity contribution in [2.75, 3.05) is 14.2 Å². The van der Waals surface area contributed by atoms with E-state index in [1.807, 2.05) is 49.5 Å². The fraction of sp³-hybridized carbons (Fsp3) is 0.136. The van der Waals surface area contributed by atoms with Crippen LogP contribution >= 0.6 is 0 Å². The van der Waals surface area contributed by atoms with Crippen LogP contribution in [-0.4, -0.2) is 37.6 Å². The Bertz CT molecular complexity index is 1140. The number of fused-ring (bicyclic) bond motifs is 1. The van der Waals surface area contributed by atoms with Gasteiger partial charge in [-0.05, 0) is 35.9 Å². The molecule has 156 valence electrons. The van der Waals surface area contributed by atoms with E-state index in [0.29, 0.717) is 0 Å². The van der Waals surface area contributed by atoms with Gasteiger partial charge in [0.1, 0.15) is 12.8 Å². The molecule has 0 saturated carbocycles. The molecule has 0 saturated heterocycles. The second kappa shape index (κ2) is 9.06. The van der Waals surface area contributed by atoms with Crippen molar-refractivity contribution in [3.63, 3.8) is 0 Å². The average molecular weight is 429 g/mol. The van der Waals surface area contributed by atoms with Crippen molar-refractivity contribution < 1.29 is 30.9 Å². The molecule has 1 aliphatic rings. The van der Waals surface area contributed by atoms with E-state index in [9.17, 15) is 3.89 Å². The van der Waals surface area contributed by atoms with Gasteiger partial charge in [-0.15, -0.1) is 3.89 Å². The number of benzene rings is 3. The summed E-state index contributed by atoms with van der Waals surface area (Å²) in [6.07, 6.45) is -0.120. The molecular weight excluding hydrogens is 409 g/mol. The van der Waals surface area contributed by atoms with Crippen LogP contribution in [0, 0.1) is 0 Å². The number of nitrogens with zero attached hydrogens (tertiary/aromatic N) is 1. The fourth-order valence-electron chi connectivity index (χ4n) is 3.25. The van der Waals surface area contributed by atoms with E-state index in [-0.39, 0.29) is 6.10 Å². The summed E-state index contributed by atoms with van der Waals surface area (Å²) in [4.78, 5) is 0. The van der Waals surface area contributed by atoms with Gasteiger partial charge < -0.3 is 14.0 Å². The third-order valence-electron chi connectivity index (χ3n) is 4.55. The number of para-hydroxylation sites is 1. The minimum atomic E-state index is -5.42. The summed E-state index contributed by atoms with van der Waals surface area (Å²) in [6.45, 7) is 0. The number of ether oxygens (including phenoxy) is 2. The second-order valence-corrected chi connectivity index (χ2v) is 7.24. The Morgan fingerprint density at radius 3 is 2.13 bits per heavy atom. The zero-order valence-electron chi connectivity index (χ0n) is 16.4. The minimum Gasteiger partial charge on any atom is -0.722 e. The molecule has 0 aliphatic carbocycles. The predicted octanol–water partition coefficient (Wildman–Crippen LogP) is 3.95. The molecule has 1 heterocycles.